The minimum absolute atomic E-state index is 0.0357. The summed E-state index contributed by atoms with van der Waals surface area (Å²) in [7, 11) is 1.64. The average Bonchev–Trinajstić information content (AvgIpc) is 2.79. The number of allylic oxidation sites excluding steroid dienone is 1. The number of hydrogen-bond acceptors (Lipinski definition) is 6. The van der Waals surface area contributed by atoms with Crippen molar-refractivity contribution in [2.24, 2.45) is 0 Å². The minimum Gasteiger partial charge on any atom is -0.497 e. The molecule has 154 valence electrons. The van der Waals surface area contributed by atoms with Crippen LogP contribution in [0.1, 0.15) is 24.8 Å². The number of hydrogen-bond donors (Lipinski definition) is 0. The molecule has 1 saturated heterocycles. The third-order valence-electron chi connectivity index (χ3n) is 5.32. The number of ether oxygens (including phenoxy) is 2. The van der Waals surface area contributed by atoms with Gasteiger partial charge in [0.1, 0.15) is 11.5 Å². The third kappa shape index (κ3) is 3.83. The van der Waals surface area contributed by atoms with Crippen molar-refractivity contribution in [3.8, 4) is 17.6 Å². The summed E-state index contributed by atoms with van der Waals surface area (Å²) in [6.45, 7) is 2.98. The maximum atomic E-state index is 13.0. The highest BCUT2D eigenvalue weighted by atomic mass is 32.2. The SMILES string of the molecule is CCOc1ccc(C2CC(=O)N3CN(c4ccc(OC)cc4)CSC3=C2C#N)cc1. The predicted octanol–water partition coefficient (Wildman–Crippen LogP) is 4.31. The third-order valence-corrected chi connectivity index (χ3v) is 6.48. The van der Waals surface area contributed by atoms with Crippen LogP contribution < -0.4 is 14.4 Å². The first-order valence-electron chi connectivity index (χ1n) is 9.83. The molecule has 2 aromatic carbocycles. The van der Waals surface area contributed by atoms with Crippen molar-refractivity contribution in [3.63, 3.8) is 0 Å². The molecule has 2 aliphatic rings. The van der Waals surface area contributed by atoms with Crippen molar-refractivity contribution in [3.05, 3.63) is 64.7 Å². The molecule has 2 aromatic rings. The van der Waals surface area contributed by atoms with Gasteiger partial charge in [-0.05, 0) is 48.9 Å². The Morgan fingerprint density at radius 1 is 1.13 bits per heavy atom. The Morgan fingerprint density at radius 3 is 2.47 bits per heavy atom. The molecule has 0 aromatic heterocycles. The van der Waals surface area contributed by atoms with Crippen LogP contribution in [0.2, 0.25) is 0 Å². The largest absolute Gasteiger partial charge is 0.497 e. The molecule has 2 heterocycles. The molecule has 0 bridgehead atoms. The molecular weight excluding hydrogens is 398 g/mol. The van der Waals surface area contributed by atoms with Gasteiger partial charge in [0.05, 0.1) is 42.9 Å². The van der Waals surface area contributed by atoms with Crippen LogP contribution in [0.5, 0.6) is 11.5 Å². The van der Waals surface area contributed by atoms with Gasteiger partial charge in [-0.15, -0.1) is 0 Å². The van der Waals surface area contributed by atoms with Crippen LogP contribution in [0.15, 0.2) is 59.1 Å². The van der Waals surface area contributed by atoms with Crippen molar-refractivity contribution in [1.29, 1.82) is 5.26 Å². The Labute approximate surface area is 180 Å². The standard InChI is InChI=1S/C23H23N3O3S/c1-3-29-19-8-4-16(5-9-19)20-12-22(27)26-14-25(15-30-23(26)21(20)13-24)17-6-10-18(28-2)11-7-17/h4-11,20H,3,12,14-15H2,1-2H3. The number of nitrogens with zero attached hydrogens (tertiary/aromatic N) is 3. The summed E-state index contributed by atoms with van der Waals surface area (Å²) in [5, 5.41) is 10.7. The van der Waals surface area contributed by atoms with E-state index in [4.69, 9.17) is 9.47 Å². The molecule has 0 aliphatic carbocycles. The fraction of sp³-hybridized carbons (Fsp3) is 0.304. The van der Waals surface area contributed by atoms with E-state index in [1.165, 1.54) is 11.8 Å². The molecule has 1 fully saturated rings. The number of carbonyl (C=O) groups is 1. The van der Waals surface area contributed by atoms with Gasteiger partial charge < -0.3 is 14.4 Å². The van der Waals surface area contributed by atoms with Crippen LogP contribution in [0.3, 0.4) is 0 Å². The van der Waals surface area contributed by atoms with Crippen LogP contribution in [0.25, 0.3) is 0 Å². The van der Waals surface area contributed by atoms with Gasteiger partial charge in [0.25, 0.3) is 0 Å². The fourth-order valence-electron chi connectivity index (χ4n) is 3.77. The van der Waals surface area contributed by atoms with Crippen LogP contribution in [-0.2, 0) is 4.79 Å². The van der Waals surface area contributed by atoms with E-state index in [1.54, 1.807) is 12.0 Å². The minimum atomic E-state index is -0.218. The van der Waals surface area contributed by atoms with E-state index in [9.17, 15) is 10.1 Å². The Kier molecular flexibility index (Phi) is 5.86. The monoisotopic (exact) mass is 421 g/mol. The maximum absolute atomic E-state index is 13.0. The van der Waals surface area contributed by atoms with E-state index in [0.29, 0.717) is 24.7 Å². The van der Waals surface area contributed by atoms with Crippen molar-refractivity contribution in [2.75, 3.05) is 31.2 Å². The van der Waals surface area contributed by atoms with Gasteiger partial charge in [-0.3, -0.25) is 9.69 Å². The number of methoxy groups -OCH3 is 1. The topological polar surface area (TPSA) is 65.8 Å². The van der Waals surface area contributed by atoms with Crippen LogP contribution in [-0.4, -0.2) is 37.1 Å². The highest BCUT2D eigenvalue weighted by Crippen LogP contribution is 2.43. The molecular formula is C23H23N3O3S. The number of thioether (sulfide) groups is 1. The molecule has 0 saturated carbocycles. The first-order valence-corrected chi connectivity index (χ1v) is 10.8. The van der Waals surface area contributed by atoms with Gasteiger partial charge in [-0.25, -0.2) is 0 Å². The van der Waals surface area contributed by atoms with Crippen molar-refractivity contribution in [2.45, 2.75) is 19.3 Å². The first-order chi connectivity index (χ1) is 14.6. The molecule has 7 heteroatoms. The predicted molar refractivity (Wildman–Crippen MR) is 117 cm³/mol. The summed E-state index contributed by atoms with van der Waals surface area (Å²) < 4.78 is 10.7. The lowest BCUT2D eigenvalue weighted by molar-refractivity contribution is -0.129. The fourth-order valence-corrected chi connectivity index (χ4v) is 4.93. The second kappa shape index (κ2) is 8.72. The quantitative estimate of drug-likeness (QED) is 0.717. The van der Waals surface area contributed by atoms with Gasteiger partial charge >= 0.3 is 0 Å². The first kappa shape index (κ1) is 20.2. The Balaban J connectivity index is 1.59. The highest BCUT2D eigenvalue weighted by Gasteiger charge is 2.38. The summed E-state index contributed by atoms with van der Waals surface area (Å²) in [4.78, 5) is 16.9. The normalized spacial score (nSPS) is 18.7. The molecule has 30 heavy (non-hydrogen) atoms. The van der Waals surface area contributed by atoms with Crippen molar-refractivity contribution in [1.82, 2.24) is 4.90 Å². The molecule has 0 radical (unpaired) electrons. The lowest BCUT2D eigenvalue weighted by atomic mass is 9.86. The molecule has 4 rings (SSSR count). The summed E-state index contributed by atoms with van der Waals surface area (Å²) in [6.07, 6.45) is 0.289. The molecule has 1 atom stereocenters. The van der Waals surface area contributed by atoms with Crippen molar-refractivity contribution >= 4 is 23.4 Å². The number of benzene rings is 2. The smallest absolute Gasteiger partial charge is 0.229 e. The maximum Gasteiger partial charge on any atom is 0.229 e. The van der Waals surface area contributed by atoms with E-state index in [-0.39, 0.29) is 18.2 Å². The van der Waals surface area contributed by atoms with E-state index >= 15 is 0 Å². The second-order valence-electron chi connectivity index (χ2n) is 7.06. The van der Waals surface area contributed by atoms with Crippen LogP contribution in [0.4, 0.5) is 5.69 Å². The number of fused-ring (bicyclic) bond motifs is 1. The van der Waals surface area contributed by atoms with Gasteiger partial charge in [0.15, 0.2) is 0 Å². The molecule has 1 amide bonds. The molecule has 1 unspecified atom stereocenters. The number of amides is 1. The number of nitriles is 1. The summed E-state index contributed by atoms with van der Waals surface area (Å²) in [5.74, 6) is 2.08. The Hall–Kier alpha value is -3.11. The van der Waals surface area contributed by atoms with Crippen molar-refractivity contribution < 1.29 is 14.3 Å². The second-order valence-corrected chi connectivity index (χ2v) is 8.00. The van der Waals surface area contributed by atoms with Crippen LogP contribution >= 0.6 is 11.8 Å². The summed E-state index contributed by atoms with van der Waals surface area (Å²) in [6, 6.07) is 17.9. The van der Waals surface area contributed by atoms with E-state index in [2.05, 4.69) is 11.0 Å². The Morgan fingerprint density at radius 2 is 1.83 bits per heavy atom. The van der Waals surface area contributed by atoms with Gasteiger partial charge in [-0.1, -0.05) is 23.9 Å². The number of rotatable bonds is 5. The van der Waals surface area contributed by atoms with Gasteiger partial charge in [0, 0.05) is 18.0 Å². The molecule has 0 N–H and O–H groups in total. The Bertz CT molecular complexity index is 996. The van der Waals surface area contributed by atoms with E-state index in [1.807, 2.05) is 55.5 Å². The lowest BCUT2D eigenvalue weighted by Crippen LogP contribution is -2.47. The average molecular weight is 422 g/mol. The summed E-state index contributed by atoms with van der Waals surface area (Å²) in [5.41, 5.74) is 2.65. The molecule has 2 aliphatic heterocycles. The molecule has 6 nitrogen and oxygen atoms in total. The zero-order chi connectivity index (χ0) is 21.1. The number of carbonyl (C=O) groups excluding carboxylic acids is 1. The van der Waals surface area contributed by atoms with E-state index < -0.39 is 0 Å². The van der Waals surface area contributed by atoms with Gasteiger partial charge in [0.2, 0.25) is 5.91 Å². The zero-order valence-electron chi connectivity index (χ0n) is 17.0. The number of anilines is 1. The highest BCUT2D eigenvalue weighted by molar-refractivity contribution is 8.03. The lowest BCUT2D eigenvalue weighted by Gasteiger charge is -2.42. The molecule has 0 spiro atoms. The summed E-state index contributed by atoms with van der Waals surface area (Å²) >= 11 is 1.54. The van der Waals surface area contributed by atoms with Crippen LogP contribution in [0, 0.1) is 11.3 Å². The van der Waals surface area contributed by atoms with Gasteiger partial charge in [-0.2, -0.15) is 5.26 Å². The zero-order valence-corrected chi connectivity index (χ0v) is 17.8. The van der Waals surface area contributed by atoms with E-state index in [0.717, 1.165) is 27.8 Å².